The topological polar surface area (TPSA) is 59.0 Å². The summed E-state index contributed by atoms with van der Waals surface area (Å²) in [7, 11) is -1.31. The Labute approximate surface area is 170 Å². The van der Waals surface area contributed by atoms with E-state index in [2.05, 4.69) is 36.9 Å². The molecule has 1 fully saturated rings. The standard InChI is InChI=1S/C21H24N2O3S2/c1-14-4-5-15(2)16(10-14)11-23(17-6-8-18(26-3)9-7-17)21-22-19-12-28(24,25)13-20(19)27-21/h4-10,19-20H,11-13H2,1-3H3/t19-,20-/m1/s1. The summed E-state index contributed by atoms with van der Waals surface area (Å²) in [6, 6.07) is 14.3. The van der Waals surface area contributed by atoms with Crippen molar-refractivity contribution >= 4 is 32.5 Å². The first-order valence-electron chi connectivity index (χ1n) is 9.27. The van der Waals surface area contributed by atoms with Crippen LogP contribution in [0, 0.1) is 13.8 Å². The van der Waals surface area contributed by atoms with Gasteiger partial charge in [0.15, 0.2) is 15.0 Å². The Morgan fingerprint density at radius 2 is 1.89 bits per heavy atom. The molecule has 2 atom stereocenters. The molecule has 0 bridgehead atoms. The average Bonchev–Trinajstić information content (AvgIpc) is 3.16. The van der Waals surface area contributed by atoms with Crippen LogP contribution in [0.5, 0.6) is 5.75 Å². The Morgan fingerprint density at radius 1 is 1.14 bits per heavy atom. The number of hydrogen-bond acceptors (Lipinski definition) is 6. The van der Waals surface area contributed by atoms with E-state index in [1.54, 1.807) is 18.9 Å². The van der Waals surface area contributed by atoms with E-state index in [0.717, 1.165) is 16.6 Å². The van der Waals surface area contributed by atoms with E-state index in [-0.39, 0.29) is 22.8 Å². The molecule has 2 aliphatic heterocycles. The van der Waals surface area contributed by atoms with Crippen LogP contribution in [0.3, 0.4) is 0 Å². The normalized spacial score (nSPS) is 22.6. The molecule has 2 heterocycles. The maximum atomic E-state index is 11.9. The second-order valence-corrected chi connectivity index (χ2v) is 10.8. The highest BCUT2D eigenvalue weighted by Crippen LogP contribution is 2.37. The third-order valence-corrected chi connectivity index (χ3v) is 8.50. The minimum atomic E-state index is -2.96. The van der Waals surface area contributed by atoms with Gasteiger partial charge in [-0.2, -0.15) is 0 Å². The summed E-state index contributed by atoms with van der Waals surface area (Å²) in [5, 5.41) is 0.926. The number of hydrogen-bond donors (Lipinski definition) is 0. The van der Waals surface area contributed by atoms with Crippen LogP contribution < -0.4 is 9.64 Å². The van der Waals surface area contributed by atoms with Crippen LogP contribution >= 0.6 is 11.8 Å². The fraction of sp³-hybridized carbons (Fsp3) is 0.381. The van der Waals surface area contributed by atoms with Crippen molar-refractivity contribution in [3.8, 4) is 5.75 Å². The SMILES string of the molecule is COc1ccc(N(Cc2cc(C)ccc2C)C2=N[C@@H]3CS(=O)(=O)C[C@H]3S2)cc1. The van der Waals surface area contributed by atoms with Crippen LogP contribution in [0.1, 0.15) is 16.7 Å². The van der Waals surface area contributed by atoms with Gasteiger partial charge in [0.25, 0.3) is 0 Å². The van der Waals surface area contributed by atoms with Crippen molar-refractivity contribution in [1.29, 1.82) is 0 Å². The molecule has 148 valence electrons. The third-order valence-electron chi connectivity index (χ3n) is 5.25. The van der Waals surface area contributed by atoms with Crippen LogP contribution in [0.15, 0.2) is 47.5 Å². The first-order valence-corrected chi connectivity index (χ1v) is 12.0. The van der Waals surface area contributed by atoms with E-state index in [9.17, 15) is 8.42 Å². The van der Waals surface area contributed by atoms with Gasteiger partial charge in [-0.15, -0.1) is 0 Å². The van der Waals surface area contributed by atoms with Crippen LogP contribution in [-0.4, -0.2) is 43.5 Å². The number of amidine groups is 1. The van der Waals surface area contributed by atoms with Crippen LogP contribution in [-0.2, 0) is 16.4 Å². The van der Waals surface area contributed by atoms with Gasteiger partial charge in [0, 0.05) is 10.9 Å². The number of ether oxygens (including phenoxy) is 1. The molecule has 2 aromatic rings. The van der Waals surface area contributed by atoms with Gasteiger partial charge in [-0.25, -0.2) is 8.42 Å². The lowest BCUT2D eigenvalue weighted by molar-refractivity contribution is 0.415. The molecule has 0 N–H and O–H groups in total. The van der Waals surface area contributed by atoms with E-state index in [4.69, 9.17) is 9.73 Å². The molecule has 2 aliphatic rings. The zero-order chi connectivity index (χ0) is 19.9. The van der Waals surface area contributed by atoms with Gasteiger partial charge >= 0.3 is 0 Å². The quantitative estimate of drug-likeness (QED) is 0.762. The number of methoxy groups -OCH3 is 1. The van der Waals surface area contributed by atoms with Crippen molar-refractivity contribution in [3.63, 3.8) is 0 Å². The molecule has 0 aliphatic carbocycles. The summed E-state index contributed by atoms with van der Waals surface area (Å²) in [6.07, 6.45) is 0. The molecule has 0 unspecified atom stereocenters. The zero-order valence-corrected chi connectivity index (χ0v) is 17.9. The van der Waals surface area contributed by atoms with Crippen molar-refractivity contribution in [2.75, 3.05) is 23.5 Å². The highest BCUT2D eigenvalue weighted by molar-refractivity contribution is 8.15. The molecule has 2 aromatic carbocycles. The van der Waals surface area contributed by atoms with E-state index in [1.165, 1.54) is 16.7 Å². The Hall–Kier alpha value is -1.99. The smallest absolute Gasteiger partial charge is 0.164 e. The molecule has 5 nitrogen and oxygen atoms in total. The maximum absolute atomic E-state index is 11.9. The second-order valence-electron chi connectivity index (χ2n) is 7.43. The number of fused-ring (bicyclic) bond motifs is 1. The lowest BCUT2D eigenvalue weighted by Gasteiger charge is -2.26. The molecular formula is C21H24N2O3S2. The van der Waals surface area contributed by atoms with Gasteiger partial charge in [0.2, 0.25) is 0 Å². The molecule has 0 amide bonds. The minimum absolute atomic E-state index is 0.0272. The first-order chi connectivity index (χ1) is 13.3. The lowest BCUT2D eigenvalue weighted by atomic mass is 10.1. The van der Waals surface area contributed by atoms with Crippen LogP contribution in [0.25, 0.3) is 0 Å². The van der Waals surface area contributed by atoms with Crippen molar-refractivity contribution in [3.05, 3.63) is 59.2 Å². The van der Waals surface area contributed by atoms with E-state index >= 15 is 0 Å². The molecule has 28 heavy (non-hydrogen) atoms. The molecular weight excluding hydrogens is 392 g/mol. The van der Waals surface area contributed by atoms with Crippen molar-refractivity contribution < 1.29 is 13.2 Å². The van der Waals surface area contributed by atoms with Gasteiger partial charge in [0.1, 0.15) is 5.75 Å². The summed E-state index contributed by atoms with van der Waals surface area (Å²) in [6.45, 7) is 4.90. The number of thioether (sulfide) groups is 1. The highest BCUT2D eigenvalue weighted by atomic mass is 32.2. The number of nitrogens with zero attached hydrogens (tertiary/aromatic N) is 2. The average molecular weight is 417 g/mol. The summed E-state index contributed by atoms with van der Waals surface area (Å²) in [5.41, 5.74) is 4.72. The van der Waals surface area contributed by atoms with Crippen LogP contribution in [0.4, 0.5) is 5.69 Å². The highest BCUT2D eigenvalue weighted by Gasteiger charge is 2.44. The number of rotatable bonds is 4. The number of benzene rings is 2. The van der Waals surface area contributed by atoms with E-state index in [0.29, 0.717) is 6.54 Å². The summed E-state index contributed by atoms with van der Waals surface area (Å²) in [4.78, 5) is 7.00. The second kappa shape index (κ2) is 7.44. The first kappa shape index (κ1) is 19.3. The fourth-order valence-corrected chi connectivity index (χ4v) is 7.42. The lowest BCUT2D eigenvalue weighted by Crippen LogP contribution is -2.28. The molecule has 4 rings (SSSR count). The Morgan fingerprint density at radius 3 is 2.57 bits per heavy atom. The molecule has 0 saturated carbocycles. The summed E-state index contributed by atoms with van der Waals surface area (Å²) < 4.78 is 29.1. The molecule has 0 aromatic heterocycles. The number of aryl methyl sites for hydroxylation is 2. The summed E-state index contributed by atoms with van der Waals surface area (Å²) >= 11 is 1.59. The van der Waals surface area contributed by atoms with Crippen LogP contribution in [0.2, 0.25) is 0 Å². The fourth-order valence-electron chi connectivity index (χ4n) is 3.64. The molecule has 0 spiro atoms. The summed E-state index contributed by atoms with van der Waals surface area (Å²) in [5.74, 6) is 1.18. The molecule has 1 saturated heterocycles. The maximum Gasteiger partial charge on any atom is 0.164 e. The number of aliphatic imine (C=N–C) groups is 1. The predicted octanol–water partition coefficient (Wildman–Crippen LogP) is 3.59. The van der Waals surface area contributed by atoms with E-state index < -0.39 is 9.84 Å². The van der Waals surface area contributed by atoms with Crippen molar-refractivity contribution in [2.24, 2.45) is 4.99 Å². The van der Waals surface area contributed by atoms with Gasteiger partial charge in [-0.05, 0) is 49.2 Å². The van der Waals surface area contributed by atoms with E-state index in [1.807, 2.05) is 24.3 Å². The van der Waals surface area contributed by atoms with Crippen molar-refractivity contribution in [2.45, 2.75) is 31.7 Å². The van der Waals surface area contributed by atoms with Gasteiger partial charge in [-0.3, -0.25) is 4.99 Å². The number of anilines is 1. The third kappa shape index (κ3) is 3.91. The zero-order valence-electron chi connectivity index (χ0n) is 16.3. The molecule has 0 radical (unpaired) electrons. The van der Waals surface area contributed by atoms with Gasteiger partial charge in [-0.1, -0.05) is 35.5 Å². The van der Waals surface area contributed by atoms with Crippen molar-refractivity contribution in [1.82, 2.24) is 0 Å². The Bertz CT molecular complexity index is 1020. The Kier molecular flexibility index (Phi) is 5.14. The predicted molar refractivity (Wildman–Crippen MR) is 116 cm³/mol. The van der Waals surface area contributed by atoms with Gasteiger partial charge < -0.3 is 9.64 Å². The number of sulfone groups is 1. The monoisotopic (exact) mass is 416 g/mol. The minimum Gasteiger partial charge on any atom is -0.497 e. The largest absolute Gasteiger partial charge is 0.497 e. The van der Waals surface area contributed by atoms with Gasteiger partial charge in [0.05, 0.1) is 31.2 Å². The molecule has 7 heteroatoms. The Balaban J connectivity index is 1.68.